The number of hydrogen-bond donors (Lipinski definition) is 5. The van der Waals surface area contributed by atoms with Gasteiger partial charge in [0.25, 0.3) is 0 Å². The molecule has 1 unspecified atom stereocenters. The summed E-state index contributed by atoms with van der Waals surface area (Å²) in [5.41, 5.74) is 5.51. The van der Waals surface area contributed by atoms with E-state index >= 15 is 0 Å². The normalized spacial score (nSPS) is 48.2. The SMILES string of the molecule is NC1[C@H](O)[C@@H](O)[C@@H](CO)[C@H]1CO. The van der Waals surface area contributed by atoms with Crippen LogP contribution in [-0.4, -0.2) is 51.9 Å². The van der Waals surface area contributed by atoms with Crippen molar-refractivity contribution < 1.29 is 20.4 Å². The Labute approximate surface area is 70.4 Å². The largest absolute Gasteiger partial charge is 0.396 e. The molecule has 0 aromatic heterocycles. The Balaban J connectivity index is 2.72. The lowest BCUT2D eigenvalue weighted by molar-refractivity contribution is -0.00105. The first kappa shape index (κ1) is 9.88. The molecule has 0 aliphatic heterocycles. The first-order valence-corrected chi connectivity index (χ1v) is 3.97. The molecule has 0 spiro atoms. The second-order valence-corrected chi connectivity index (χ2v) is 3.25. The summed E-state index contributed by atoms with van der Waals surface area (Å²) in [5.74, 6) is -0.931. The van der Waals surface area contributed by atoms with Gasteiger partial charge in [-0.25, -0.2) is 0 Å². The molecule has 1 aliphatic carbocycles. The second-order valence-electron chi connectivity index (χ2n) is 3.25. The minimum atomic E-state index is -1.04. The highest BCUT2D eigenvalue weighted by Gasteiger charge is 2.46. The van der Waals surface area contributed by atoms with Crippen LogP contribution in [0.3, 0.4) is 0 Å². The van der Waals surface area contributed by atoms with Crippen LogP contribution in [0.25, 0.3) is 0 Å². The molecule has 6 N–H and O–H groups in total. The molecule has 0 bridgehead atoms. The van der Waals surface area contributed by atoms with Gasteiger partial charge in [0.05, 0.1) is 12.2 Å². The zero-order valence-corrected chi connectivity index (χ0v) is 6.67. The standard InChI is InChI=1S/C7H15NO4/c8-5-3(1-9)4(2-10)6(11)7(5)12/h3-7,9-12H,1-2,8H2/t3-,4+,5?,6+,7+/m1/s1. The van der Waals surface area contributed by atoms with E-state index in [1.807, 2.05) is 0 Å². The lowest BCUT2D eigenvalue weighted by atomic mass is 9.95. The fourth-order valence-electron chi connectivity index (χ4n) is 1.77. The fourth-order valence-corrected chi connectivity index (χ4v) is 1.77. The molecule has 72 valence electrons. The minimum Gasteiger partial charge on any atom is -0.396 e. The molecule has 5 nitrogen and oxygen atoms in total. The van der Waals surface area contributed by atoms with Crippen LogP contribution in [0.4, 0.5) is 0 Å². The van der Waals surface area contributed by atoms with Crippen molar-refractivity contribution in [3.8, 4) is 0 Å². The van der Waals surface area contributed by atoms with E-state index in [-0.39, 0.29) is 13.2 Å². The van der Waals surface area contributed by atoms with Gasteiger partial charge in [0, 0.05) is 31.1 Å². The highest BCUT2D eigenvalue weighted by atomic mass is 16.3. The lowest BCUT2D eigenvalue weighted by Gasteiger charge is -2.18. The van der Waals surface area contributed by atoms with Crippen molar-refractivity contribution in [2.24, 2.45) is 17.6 Å². The molecule has 1 rings (SSSR count). The van der Waals surface area contributed by atoms with Crippen LogP contribution in [0, 0.1) is 11.8 Å². The van der Waals surface area contributed by atoms with E-state index in [0.29, 0.717) is 0 Å². The molecule has 1 fully saturated rings. The maximum absolute atomic E-state index is 9.33. The third-order valence-electron chi connectivity index (χ3n) is 2.65. The number of aliphatic hydroxyl groups excluding tert-OH is 4. The Morgan fingerprint density at radius 1 is 0.917 bits per heavy atom. The Kier molecular flexibility index (Phi) is 3.03. The maximum Gasteiger partial charge on any atom is 0.0956 e. The van der Waals surface area contributed by atoms with Gasteiger partial charge in [-0.05, 0) is 0 Å². The van der Waals surface area contributed by atoms with Crippen LogP contribution in [0.5, 0.6) is 0 Å². The van der Waals surface area contributed by atoms with Gasteiger partial charge in [-0.3, -0.25) is 0 Å². The summed E-state index contributed by atoms with van der Waals surface area (Å²) >= 11 is 0. The summed E-state index contributed by atoms with van der Waals surface area (Å²) in [6.07, 6.45) is -2.07. The van der Waals surface area contributed by atoms with Crippen molar-refractivity contribution in [2.45, 2.75) is 18.2 Å². The van der Waals surface area contributed by atoms with E-state index < -0.39 is 30.1 Å². The summed E-state index contributed by atoms with van der Waals surface area (Å²) < 4.78 is 0. The summed E-state index contributed by atoms with van der Waals surface area (Å²) in [5, 5.41) is 36.3. The molecule has 12 heavy (non-hydrogen) atoms. The maximum atomic E-state index is 9.33. The van der Waals surface area contributed by atoms with Crippen molar-refractivity contribution in [1.82, 2.24) is 0 Å². The Morgan fingerprint density at radius 2 is 1.42 bits per heavy atom. The van der Waals surface area contributed by atoms with Crippen LogP contribution in [0.15, 0.2) is 0 Å². The van der Waals surface area contributed by atoms with E-state index in [2.05, 4.69) is 0 Å². The molecule has 5 heteroatoms. The molecule has 0 aromatic rings. The van der Waals surface area contributed by atoms with Gasteiger partial charge < -0.3 is 26.2 Å². The van der Waals surface area contributed by atoms with Crippen molar-refractivity contribution in [2.75, 3.05) is 13.2 Å². The third kappa shape index (κ3) is 1.34. The lowest BCUT2D eigenvalue weighted by Crippen LogP contribution is -2.39. The van der Waals surface area contributed by atoms with Gasteiger partial charge in [-0.2, -0.15) is 0 Å². The summed E-state index contributed by atoms with van der Waals surface area (Å²) in [7, 11) is 0. The van der Waals surface area contributed by atoms with E-state index in [1.165, 1.54) is 0 Å². The molecular weight excluding hydrogens is 162 g/mol. The average Bonchev–Trinajstić information content (AvgIpc) is 2.29. The highest BCUT2D eigenvalue weighted by molar-refractivity contribution is 4.99. The van der Waals surface area contributed by atoms with Crippen LogP contribution in [-0.2, 0) is 0 Å². The fraction of sp³-hybridized carbons (Fsp3) is 1.00. The van der Waals surface area contributed by atoms with Crippen LogP contribution < -0.4 is 5.73 Å². The van der Waals surface area contributed by atoms with Gasteiger partial charge in [-0.15, -0.1) is 0 Å². The summed E-state index contributed by atoms with van der Waals surface area (Å²) in [6, 6.07) is -0.651. The van der Waals surface area contributed by atoms with E-state index in [4.69, 9.17) is 15.9 Å². The number of aliphatic hydroxyl groups is 4. The van der Waals surface area contributed by atoms with Crippen LogP contribution in [0.2, 0.25) is 0 Å². The highest BCUT2D eigenvalue weighted by Crippen LogP contribution is 2.30. The number of nitrogens with two attached hydrogens (primary N) is 1. The predicted octanol–water partition coefficient (Wildman–Crippen LogP) is -2.73. The molecular formula is C7H15NO4. The minimum absolute atomic E-state index is 0.222. The summed E-state index contributed by atoms with van der Waals surface area (Å²) in [6.45, 7) is -0.488. The van der Waals surface area contributed by atoms with Gasteiger partial charge in [0.15, 0.2) is 0 Å². The molecule has 0 radical (unpaired) electrons. The molecule has 0 amide bonds. The quantitative estimate of drug-likeness (QED) is 0.315. The molecule has 1 aliphatic rings. The zero-order valence-electron chi connectivity index (χ0n) is 6.67. The Hall–Kier alpha value is -0.200. The predicted molar refractivity (Wildman–Crippen MR) is 41.1 cm³/mol. The van der Waals surface area contributed by atoms with E-state index in [9.17, 15) is 10.2 Å². The average molecular weight is 177 g/mol. The van der Waals surface area contributed by atoms with Gasteiger partial charge >= 0.3 is 0 Å². The smallest absolute Gasteiger partial charge is 0.0956 e. The molecule has 0 heterocycles. The van der Waals surface area contributed by atoms with Crippen LogP contribution in [0.1, 0.15) is 0 Å². The number of rotatable bonds is 2. The first-order chi connectivity index (χ1) is 5.63. The van der Waals surface area contributed by atoms with Crippen molar-refractivity contribution in [3.63, 3.8) is 0 Å². The molecule has 0 aromatic carbocycles. The first-order valence-electron chi connectivity index (χ1n) is 3.97. The molecule has 0 saturated heterocycles. The Morgan fingerprint density at radius 3 is 1.75 bits per heavy atom. The van der Waals surface area contributed by atoms with Crippen LogP contribution >= 0.6 is 0 Å². The van der Waals surface area contributed by atoms with Crippen molar-refractivity contribution >= 4 is 0 Å². The van der Waals surface area contributed by atoms with Gasteiger partial charge in [-0.1, -0.05) is 0 Å². The number of hydrogen-bond acceptors (Lipinski definition) is 5. The second kappa shape index (κ2) is 3.68. The molecule has 1 saturated carbocycles. The van der Waals surface area contributed by atoms with Crippen molar-refractivity contribution in [3.05, 3.63) is 0 Å². The molecule has 5 atom stereocenters. The summed E-state index contributed by atoms with van der Waals surface area (Å²) in [4.78, 5) is 0. The monoisotopic (exact) mass is 177 g/mol. The van der Waals surface area contributed by atoms with Crippen molar-refractivity contribution in [1.29, 1.82) is 0 Å². The van der Waals surface area contributed by atoms with Gasteiger partial charge in [0.1, 0.15) is 0 Å². The third-order valence-corrected chi connectivity index (χ3v) is 2.65. The van der Waals surface area contributed by atoms with E-state index in [0.717, 1.165) is 0 Å². The van der Waals surface area contributed by atoms with Gasteiger partial charge in [0.2, 0.25) is 0 Å². The topological polar surface area (TPSA) is 107 Å². The van der Waals surface area contributed by atoms with E-state index in [1.54, 1.807) is 0 Å². The Bertz CT molecular complexity index is 138. The zero-order chi connectivity index (χ0) is 9.30.